The third-order valence-electron chi connectivity index (χ3n) is 5.01. The second-order valence-corrected chi connectivity index (χ2v) is 6.96. The van der Waals surface area contributed by atoms with E-state index in [4.69, 9.17) is 25.4 Å². The van der Waals surface area contributed by atoms with Gasteiger partial charge in [0, 0.05) is 24.3 Å². The number of morpholine rings is 1. The van der Waals surface area contributed by atoms with E-state index in [9.17, 15) is 4.79 Å². The van der Waals surface area contributed by atoms with Crippen molar-refractivity contribution >= 4 is 23.3 Å². The summed E-state index contributed by atoms with van der Waals surface area (Å²) >= 11 is 0. The van der Waals surface area contributed by atoms with Crippen molar-refractivity contribution in [1.82, 2.24) is 0 Å². The summed E-state index contributed by atoms with van der Waals surface area (Å²) in [6.07, 6.45) is -0.775. The first kappa shape index (κ1) is 19.1. The number of nitrogens with one attached hydrogen (secondary N) is 1. The van der Waals surface area contributed by atoms with Gasteiger partial charge in [0.05, 0.1) is 25.4 Å². The van der Waals surface area contributed by atoms with Gasteiger partial charge in [-0.05, 0) is 36.4 Å². The molecule has 8 heteroatoms. The summed E-state index contributed by atoms with van der Waals surface area (Å²) in [6.45, 7) is 3.72. The molecule has 8 nitrogen and oxygen atoms in total. The average molecular weight is 396 g/mol. The molecule has 2 aromatic rings. The van der Waals surface area contributed by atoms with Crippen molar-refractivity contribution in [3.8, 4) is 5.75 Å². The van der Waals surface area contributed by atoms with Gasteiger partial charge in [0.15, 0.2) is 6.10 Å². The van der Waals surface area contributed by atoms with Gasteiger partial charge in [0.2, 0.25) is 0 Å². The minimum absolute atomic E-state index is 0.00856. The van der Waals surface area contributed by atoms with Gasteiger partial charge in [-0.1, -0.05) is 12.1 Å². The number of rotatable bonds is 6. The van der Waals surface area contributed by atoms with Crippen LogP contribution in [-0.4, -0.2) is 57.5 Å². The zero-order chi connectivity index (χ0) is 20.2. The fourth-order valence-corrected chi connectivity index (χ4v) is 3.47. The summed E-state index contributed by atoms with van der Waals surface area (Å²) < 4.78 is 16.9. The Morgan fingerprint density at radius 1 is 1.14 bits per heavy atom. The Hall–Kier alpha value is -3.26. The molecule has 0 aromatic heterocycles. The first-order chi connectivity index (χ1) is 14.1. The minimum Gasteiger partial charge on any atom is -0.487 e. The number of hydrogen-bond acceptors (Lipinski definition) is 6. The second kappa shape index (κ2) is 8.40. The Labute approximate surface area is 169 Å². The minimum atomic E-state index is -0.407. The average Bonchev–Trinajstić information content (AvgIpc) is 3.13. The van der Waals surface area contributed by atoms with Crippen LogP contribution in [0.2, 0.25) is 0 Å². The SMILES string of the molecule is N=C(N)c1ccc(N2CC(COc3ccccc3N3CCOCC3)OC2=O)cc1. The van der Waals surface area contributed by atoms with E-state index in [1.165, 1.54) is 0 Å². The van der Waals surface area contributed by atoms with Gasteiger partial charge in [-0.2, -0.15) is 0 Å². The van der Waals surface area contributed by atoms with Crippen LogP contribution >= 0.6 is 0 Å². The fraction of sp³-hybridized carbons (Fsp3) is 0.333. The van der Waals surface area contributed by atoms with Gasteiger partial charge in [-0.25, -0.2) is 4.79 Å². The number of hydrogen-bond donors (Lipinski definition) is 2. The summed E-state index contributed by atoms with van der Waals surface area (Å²) in [6, 6.07) is 14.8. The third kappa shape index (κ3) is 4.27. The number of benzene rings is 2. The van der Waals surface area contributed by atoms with Gasteiger partial charge in [0.25, 0.3) is 0 Å². The van der Waals surface area contributed by atoms with Crippen LogP contribution in [0.4, 0.5) is 16.2 Å². The zero-order valence-corrected chi connectivity index (χ0v) is 16.0. The summed E-state index contributed by atoms with van der Waals surface area (Å²) in [5.41, 5.74) is 7.82. The number of para-hydroxylation sites is 2. The Morgan fingerprint density at radius 2 is 1.86 bits per heavy atom. The number of nitrogens with two attached hydrogens (primary N) is 1. The number of ether oxygens (including phenoxy) is 3. The lowest BCUT2D eigenvalue weighted by atomic mass is 10.2. The lowest BCUT2D eigenvalue weighted by Crippen LogP contribution is -2.36. The maximum Gasteiger partial charge on any atom is 0.414 e. The largest absolute Gasteiger partial charge is 0.487 e. The monoisotopic (exact) mass is 396 g/mol. The van der Waals surface area contributed by atoms with E-state index >= 15 is 0 Å². The number of nitrogen functional groups attached to an aromatic ring is 1. The number of cyclic esters (lactones) is 1. The van der Waals surface area contributed by atoms with E-state index in [1.54, 1.807) is 29.2 Å². The number of carbonyl (C=O) groups excluding carboxylic acids is 1. The lowest BCUT2D eigenvalue weighted by Gasteiger charge is -2.30. The molecule has 1 unspecified atom stereocenters. The van der Waals surface area contributed by atoms with E-state index in [0.29, 0.717) is 31.0 Å². The van der Waals surface area contributed by atoms with E-state index in [1.807, 2.05) is 24.3 Å². The van der Waals surface area contributed by atoms with Crippen molar-refractivity contribution in [3.63, 3.8) is 0 Å². The maximum atomic E-state index is 12.3. The molecule has 2 saturated heterocycles. The normalized spacial score (nSPS) is 19.2. The van der Waals surface area contributed by atoms with Crippen LogP contribution in [0.1, 0.15) is 5.56 Å². The molecule has 2 fully saturated rings. The Bertz CT molecular complexity index is 881. The van der Waals surface area contributed by atoms with Gasteiger partial charge < -0.3 is 24.8 Å². The molecule has 0 bridgehead atoms. The second-order valence-electron chi connectivity index (χ2n) is 6.96. The quantitative estimate of drug-likeness (QED) is 0.574. The topological polar surface area (TPSA) is 101 Å². The molecule has 1 amide bonds. The van der Waals surface area contributed by atoms with Crippen LogP contribution in [0, 0.1) is 5.41 Å². The summed E-state index contributed by atoms with van der Waals surface area (Å²) in [4.78, 5) is 16.1. The van der Waals surface area contributed by atoms with Crippen LogP contribution in [-0.2, 0) is 9.47 Å². The first-order valence-electron chi connectivity index (χ1n) is 9.59. The summed E-state index contributed by atoms with van der Waals surface area (Å²) in [5.74, 6) is 0.764. The predicted molar refractivity (Wildman–Crippen MR) is 110 cm³/mol. The summed E-state index contributed by atoms with van der Waals surface area (Å²) in [5, 5.41) is 7.46. The molecule has 4 rings (SSSR count). The van der Waals surface area contributed by atoms with E-state index in [-0.39, 0.29) is 18.5 Å². The molecule has 2 aromatic carbocycles. The van der Waals surface area contributed by atoms with E-state index < -0.39 is 6.09 Å². The predicted octanol–water partition coefficient (Wildman–Crippen LogP) is 2.21. The van der Waals surface area contributed by atoms with Crippen LogP contribution in [0.3, 0.4) is 0 Å². The number of amides is 1. The molecule has 29 heavy (non-hydrogen) atoms. The van der Waals surface area contributed by atoms with Gasteiger partial charge in [0.1, 0.15) is 18.2 Å². The van der Waals surface area contributed by atoms with Gasteiger partial charge in [-0.15, -0.1) is 0 Å². The number of anilines is 2. The molecule has 0 aliphatic carbocycles. The number of nitrogens with zero attached hydrogens (tertiary/aromatic N) is 2. The molecular weight excluding hydrogens is 372 g/mol. The Balaban J connectivity index is 1.39. The molecule has 0 radical (unpaired) electrons. The standard InChI is InChI=1S/C21H24N4O4/c22-20(23)15-5-7-16(8-6-15)25-13-17(29-21(25)26)14-28-19-4-2-1-3-18(19)24-9-11-27-12-10-24/h1-8,17H,9-14H2,(H3,22,23). The van der Waals surface area contributed by atoms with Gasteiger partial charge in [-0.3, -0.25) is 10.3 Å². The lowest BCUT2D eigenvalue weighted by molar-refractivity contribution is 0.104. The number of carbonyl (C=O) groups is 1. The van der Waals surface area contributed by atoms with Crippen molar-refractivity contribution in [2.24, 2.45) is 5.73 Å². The summed E-state index contributed by atoms with van der Waals surface area (Å²) in [7, 11) is 0. The molecule has 2 aliphatic heterocycles. The molecule has 0 saturated carbocycles. The van der Waals surface area contributed by atoms with Crippen LogP contribution in [0.5, 0.6) is 5.75 Å². The highest BCUT2D eigenvalue weighted by molar-refractivity contribution is 5.96. The Kier molecular flexibility index (Phi) is 5.53. The molecule has 2 aliphatic rings. The van der Waals surface area contributed by atoms with E-state index in [2.05, 4.69) is 4.90 Å². The fourth-order valence-electron chi connectivity index (χ4n) is 3.47. The van der Waals surface area contributed by atoms with Gasteiger partial charge >= 0.3 is 6.09 Å². The molecule has 152 valence electrons. The highest BCUT2D eigenvalue weighted by Gasteiger charge is 2.33. The zero-order valence-electron chi connectivity index (χ0n) is 16.0. The van der Waals surface area contributed by atoms with E-state index in [0.717, 1.165) is 24.5 Å². The van der Waals surface area contributed by atoms with Crippen LogP contribution in [0.25, 0.3) is 0 Å². The number of amidine groups is 1. The van der Waals surface area contributed by atoms with Crippen molar-refractivity contribution in [2.45, 2.75) is 6.10 Å². The molecular formula is C21H24N4O4. The maximum absolute atomic E-state index is 12.3. The molecule has 3 N–H and O–H groups in total. The first-order valence-corrected chi connectivity index (χ1v) is 9.59. The van der Waals surface area contributed by atoms with Crippen molar-refractivity contribution < 1.29 is 19.0 Å². The van der Waals surface area contributed by atoms with Crippen LogP contribution in [0.15, 0.2) is 48.5 Å². The molecule has 2 heterocycles. The highest BCUT2D eigenvalue weighted by Crippen LogP contribution is 2.29. The smallest absolute Gasteiger partial charge is 0.414 e. The van der Waals surface area contributed by atoms with Crippen molar-refractivity contribution in [3.05, 3.63) is 54.1 Å². The van der Waals surface area contributed by atoms with Crippen molar-refractivity contribution in [1.29, 1.82) is 5.41 Å². The third-order valence-corrected chi connectivity index (χ3v) is 5.01. The molecule has 0 spiro atoms. The highest BCUT2D eigenvalue weighted by atomic mass is 16.6. The Morgan fingerprint density at radius 3 is 2.59 bits per heavy atom. The van der Waals surface area contributed by atoms with Crippen molar-refractivity contribution in [2.75, 3.05) is 49.3 Å². The molecule has 1 atom stereocenters. The van der Waals surface area contributed by atoms with Crippen LogP contribution < -0.4 is 20.3 Å².